The molecule has 3 N–H and O–H groups in total. The Balaban J connectivity index is 0.00000108. The van der Waals surface area contributed by atoms with Crippen LogP contribution in [0.4, 0.5) is 5.95 Å². The number of fused-ring (bicyclic) bond motifs is 1. The minimum Gasteiger partial charge on any atom is -0.354 e. The van der Waals surface area contributed by atoms with Gasteiger partial charge in [-0.3, -0.25) is 0 Å². The summed E-state index contributed by atoms with van der Waals surface area (Å²) in [5, 5.41) is 6.80. The lowest BCUT2D eigenvalue weighted by molar-refractivity contribution is 0.632. The highest BCUT2D eigenvalue weighted by molar-refractivity contribution is 5.85. The molecule has 0 radical (unpaired) electrons. The summed E-state index contributed by atoms with van der Waals surface area (Å²) in [6.45, 7) is 2.09. The van der Waals surface area contributed by atoms with Gasteiger partial charge in [-0.25, -0.2) is 4.98 Å². The van der Waals surface area contributed by atoms with E-state index in [9.17, 15) is 0 Å². The third-order valence-corrected chi connectivity index (χ3v) is 3.07. The Hall–Kier alpha value is -1.26. The van der Waals surface area contributed by atoms with Crippen LogP contribution in [0.5, 0.6) is 0 Å². The number of nitrogens with one attached hydrogen (secondary N) is 3. The molecule has 92 valence electrons. The van der Waals surface area contributed by atoms with Crippen LogP contribution in [-0.2, 0) is 0 Å². The summed E-state index contributed by atoms with van der Waals surface area (Å²) >= 11 is 0. The summed E-state index contributed by atoms with van der Waals surface area (Å²) in [5.41, 5.74) is 2.11. The maximum Gasteiger partial charge on any atom is 0.201 e. The van der Waals surface area contributed by atoms with E-state index in [1.165, 1.54) is 12.8 Å². The molecule has 0 saturated carbocycles. The molecule has 0 aliphatic carbocycles. The van der Waals surface area contributed by atoms with Gasteiger partial charge >= 0.3 is 0 Å². The molecular weight excluding hydrogens is 236 g/mol. The molecule has 0 bridgehead atoms. The van der Waals surface area contributed by atoms with E-state index in [0.717, 1.165) is 30.1 Å². The number of aromatic amines is 1. The van der Waals surface area contributed by atoms with Gasteiger partial charge < -0.3 is 15.6 Å². The number of imidazole rings is 1. The van der Waals surface area contributed by atoms with Gasteiger partial charge in [-0.1, -0.05) is 12.1 Å². The second-order valence-electron chi connectivity index (χ2n) is 4.28. The molecule has 4 nitrogen and oxygen atoms in total. The van der Waals surface area contributed by atoms with E-state index in [1.807, 2.05) is 24.3 Å². The third-order valence-electron chi connectivity index (χ3n) is 3.07. The summed E-state index contributed by atoms with van der Waals surface area (Å²) in [6, 6.07) is 8.67. The molecule has 1 aromatic heterocycles. The molecule has 1 saturated heterocycles. The molecule has 0 spiro atoms. The summed E-state index contributed by atoms with van der Waals surface area (Å²) in [5.74, 6) is 0.870. The highest BCUT2D eigenvalue weighted by Gasteiger charge is 2.13. The largest absolute Gasteiger partial charge is 0.354 e. The zero-order valence-electron chi connectivity index (χ0n) is 9.57. The van der Waals surface area contributed by atoms with Crippen LogP contribution >= 0.6 is 12.4 Å². The van der Waals surface area contributed by atoms with Crippen molar-refractivity contribution in [2.45, 2.75) is 18.9 Å². The Labute approximate surface area is 107 Å². The van der Waals surface area contributed by atoms with E-state index in [0.29, 0.717) is 6.04 Å². The zero-order valence-corrected chi connectivity index (χ0v) is 10.4. The highest BCUT2D eigenvalue weighted by Crippen LogP contribution is 2.13. The molecule has 0 amide bonds. The van der Waals surface area contributed by atoms with E-state index in [4.69, 9.17) is 0 Å². The van der Waals surface area contributed by atoms with Gasteiger partial charge in [0.25, 0.3) is 0 Å². The first-order chi connectivity index (χ1) is 7.92. The molecule has 2 aromatic rings. The number of nitrogens with zero attached hydrogens (tertiary/aromatic N) is 1. The van der Waals surface area contributed by atoms with E-state index >= 15 is 0 Å². The van der Waals surface area contributed by atoms with Crippen molar-refractivity contribution in [3.63, 3.8) is 0 Å². The Bertz CT molecular complexity index is 443. The molecule has 1 aliphatic heterocycles. The average molecular weight is 253 g/mol. The molecule has 1 unspecified atom stereocenters. The van der Waals surface area contributed by atoms with Crippen molar-refractivity contribution < 1.29 is 0 Å². The average Bonchev–Trinajstić information content (AvgIpc) is 2.95. The predicted molar refractivity (Wildman–Crippen MR) is 72.9 cm³/mol. The van der Waals surface area contributed by atoms with Crippen LogP contribution in [0.3, 0.4) is 0 Å². The van der Waals surface area contributed by atoms with Crippen molar-refractivity contribution in [1.82, 2.24) is 15.3 Å². The van der Waals surface area contributed by atoms with Crippen molar-refractivity contribution >= 4 is 29.4 Å². The fraction of sp³-hybridized carbons (Fsp3) is 0.417. The number of benzene rings is 1. The molecule has 1 fully saturated rings. The lowest BCUT2D eigenvalue weighted by atomic mass is 10.2. The third kappa shape index (κ3) is 2.70. The second kappa shape index (κ2) is 5.38. The van der Waals surface area contributed by atoms with Crippen LogP contribution < -0.4 is 10.6 Å². The number of hydrogen-bond donors (Lipinski definition) is 3. The Kier molecular flexibility index (Phi) is 3.86. The Morgan fingerprint density at radius 3 is 3.00 bits per heavy atom. The summed E-state index contributed by atoms with van der Waals surface area (Å²) in [7, 11) is 0. The predicted octanol–water partition coefficient (Wildman–Crippen LogP) is 2.15. The van der Waals surface area contributed by atoms with Gasteiger partial charge in [0, 0.05) is 12.6 Å². The van der Waals surface area contributed by atoms with Crippen LogP contribution in [0.1, 0.15) is 12.8 Å². The number of halogens is 1. The van der Waals surface area contributed by atoms with E-state index in [1.54, 1.807) is 0 Å². The lowest BCUT2D eigenvalue weighted by Crippen LogP contribution is -2.29. The van der Waals surface area contributed by atoms with Crippen molar-refractivity contribution in [3.05, 3.63) is 24.3 Å². The fourth-order valence-electron chi connectivity index (χ4n) is 2.19. The van der Waals surface area contributed by atoms with Gasteiger partial charge in [-0.15, -0.1) is 12.4 Å². The quantitative estimate of drug-likeness (QED) is 0.785. The molecule has 17 heavy (non-hydrogen) atoms. The lowest BCUT2D eigenvalue weighted by Gasteiger charge is -2.09. The first-order valence-corrected chi connectivity index (χ1v) is 5.84. The smallest absolute Gasteiger partial charge is 0.201 e. The van der Waals surface area contributed by atoms with Crippen LogP contribution in [0.2, 0.25) is 0 Å². The topological polar surface area (TPSA) is 52.7 Å². The Morgan fingerprint density at radius 1 is 1.35 bits per heavy atom. The monoisotopic (exact) mass is 252 g/mol. The molecule has 1 aliphatic rings. The molecule has 3 rings (SSSR count). The molecule has 1 aromatic carbocycles. The molecule has 1 atom stereocenters. The van der Waals surface area contributed by atoms with Crippen molar-refractivity contribution in [2.24, 2.45) is 0 Å². The van der Waals surface area contributed by atoms with Gasteiger partial charge in [0.05, 0.1) is 11.0 Å². The zero-order chi connectivity index (χ0) is 10.8. The van der Waals surface area contributed by atoms with Crippen LogP contribution in [-0.4, -0.2) is 29.1 Å². The molecule has 5 heteroatoms. The molecule has 2 heterocycles. The summed E-state index contributed by atoms with van der Waals surface area (Å²) < 4.78 is 0. The Morgan fingerprint density at radius 2 is 2.24 bits per heavy atom. The van der Waals surface area contributed by atoms with Gasteiger partial charge in [-0.2, -0.15) is 0 Å². The first-order valence-electron chi connectivity index (χ1n) is 5.84. The second-order valence-corrected chi connectivity index (χ2v) is 4.28. The van der Waals surface area contributed by atoms with Crippen LogP contribution in [0.25, 0.3) is 11.0 Å². The number of para-hydroxylation sites is 2. The fourth-order valence-corrected chi connectivity index (χ4v) is 2.19. The summed E-state index contributed by atoms with van der Waals surface area (Å²) in [6.07, 6.45) is 2.54. The number of hydrogen-bond acceptors (Lipinski definition) is 3. The van der Waals surface area contributed by atoms with Gasteiger partial charge in [0.2, 0.25) is 5.95 Å². The van der Waals surface area contributed by atoms with Gasteiger partial charge in [0.1, 0.15) is 0 Å². The SMILES string of the molecule is Cl.c1ccc2[nH]c(NCC3CCCN3)nc2c1. The van der Waals surface area contributed by atoms with E-state index in [2.05, 4.69) is 20.6 Å². The maximum absolute atomic E-state index is 4.48. The van der Waals surface area contributed by atoms with Crippen molar-refractivity contribution in [1.29, 1.82) is 0 Å². The van der Waals surface area contributed by atoms with Crippen LogP contribution in [0, 0.1) is 0 Å². The van der Waals surface area contributed by atoms with Crippen molar-refractivity contribution in [2.75, 3.05) is 18.4 Å². The van der Waals surface area contributed by atoms with Crippen molar-refractivity contribution in [3.8, 4) is 0 Å². The van der Waals surface area contributed by atoms with Crippen LogP contribution in [0.15, 0.2) is 24.3 Å². The maximum atomic E-state index is 4.48. The number of H-pyrrole nitrogens is 1. The first kappa shape index (κ1) is 12.2. The van der Waals surface area contributed by atoms with E-state index in [-0.39, 0.29) is 12.4 Å². The number of rotatable bonds is 3. The number of anilines is 1. The normalized spacial score (nSPS) is 19.2. The summed E-state index contributed by atoms with van der Waals surface area (Å²) in [4.78, 5) is 7.75. The minimum absolute atomic E-state index is 0. The van der Waals surface area contributed by atoms with Gasteiger partial charge in [-0.05, 0) is 31.5 Å². The van der Waals surface area contributed by atoms with Gasteiger partial charge in [0.15, 0.2) is 0 Å². The van der Waals surface area contributed by atoms with E-state index < -0.39 is 0 Å². The standard InChI is InChI=1S/C12H16N4.ClH/c1-2-6-11-10(5-1)15-12(16-11)14-8-9-4-3-7-13-9;/h1-2,5-6,9,13H,3-4,7-8H2,(H2,14,15,16);1H. The number of aromatic nitrogens is 2. The molecular formula is C12H17ClN4. The highest BCUT2D eigenvalue weighted by atomic mass is 35.5. The minimum atomic E-state index is 0.